The van der Waals surface area contributed by atoms with E-state index in [0.29, 0.717) is 5.69 Å². The number of halogens is 2. The van der Waals surface area contributed by atoms with Crippen LogP contribution in [0.25, 0.3) is 0 Å². The van der Waals surface area contributed by atoms with Gasteiger partial charge < -0.3 is 10.6 Å². The lowest BCUT2D eigenvalue weighted by atomic mass is 9.88. The summed E-state index contributed by atoms with van der Waals surface area (Å²) in [5.74, 6) is 2.13. The molecule has 3 unspecified atom stereocenters. The van der Waals surface area contributed by atoms with Crippen molar-refractivity contribution in [1.82, 2.24) is 0 Å². The van der Waals surface area contributed by atoms with Crippen LogP contribution in [-0.4, -0.2) is 13.6 Å². The summed E-state index contributed by atoms with van der Waals surface area (Å²) in [4.78, 5) is 2.13. The molecule has 4 heteroatoms. The molecule has 2 bridgehead atoms. The molecule has 0 saturated heterocycles. The summed E-state index contributed by atoms with van der Waals surface area (Å²) in [6.07, 6.45) is 5.53. The van der Waals surface area contributed by atoms with Crippen LogP contribution >= 0.6 is 11.6 Å². The minimum atomic E-state index is -0.448. The van der Waals surface area contributed by atoms with Crippen molar-refractivity contribution in [3.63, 3.8) is 0 Å². The van der Waals surface area contributed by atoms with Crippen molar-refractivity contribution >= 4 is 23.0 Å². The lowest BCUT2D eigenvalue weighted by Gasteiger charge is -2.29. The second-order valence-electron chi connectivity index (χ2n) is 6.14. The number of nitrogens with two attached hydrogens (primary N) is 1. The van der Waals surface area contributed by atoms with Crippen LogP contribution in [0, 0.1) is 23.6 Å². The first-order chi connectivity index (χ1) is 9.04. The van der Waals surface area contributed by atoms with Gasteiger partial charge in [-0.2, -0.15) is 0 Å². The van der Waals surface area contributed by atoms with Gasteiger partial charge in [-0.25, -0.2) is 4.39 Å². The predicted molar refractivity (Wildman–Crippen MR) is 78.0 cm³/mol. The van der Waals surface area contributed by atoms with Gasteiger partial charge in [0, 0.05) is 19.7 Å². The molecule has 0 heterocycles. The molecule has 2 aliphatic carbocycles. The number of hydrogen-bond acceptors (Lipinski definition) is 2. The van der Waals surface area contributed by atoms with Crippen molar-refractivity contribution < 1.29 is 4.39 Å². The van der Waals surface area contributed by atoms with Gasteiger partial charge in [-0.1, -0.05) is 18.0 Å². The van der Waals surface area contributed by atoms with Gasteiger partial charge in [-0.05, 0) is 43.1 Å². The van der Waals surface area contributed by atoms with Gasteiger partial charge in [0.2, 0.25) is 0 Å². The minimum Gasteiger partial charge on any atom is -0.397 e. The molecule has 0 aromatic heterocycles. The Hall–Kier alpha value is -0.960. The molecule has 2 nitrogen and oxygen atoms in total. The van der Waals surface area contributed by atoms with E-state index in [0.717, 1.165) is 30.0 Å². The van der Waals surface area contributed by atoms with Crippen molar-refractivity contribution in [2.45, 2.75) is 25.7 Å². The average molecular weight is 283 g/mol. The molecule has 0 amide bonds. The van der Waals surface area contributed by atoms with Crippen LogP contribution in [0.5, 0.6) is 0 Å². The third-order valence-corrected chi connectivity index (χ3v) is 5.16. The highest BCUT2D eigenvalue weighted by atomic mass is 35.5. The Kier molecular flexibility index (Phi) is 3.34. The van der Waals surface area contributed by atoms with Crippen molar-refractivity contribution in [3.8, 4) is 0 Å². The van der Waals surface area contributed by atoms with E-state index in [1.807, 2.05) is 7.05 Å². The van der Waals surface area contributed by atoms with Gasteiger partial charge in [0.1, 0.15) is 5.82 Å². The summed E-state index contributed by atoms with van der Waals surface area (Å²) in [6, 6.07) is 2.95. The molecular weight excluding hydrogens is 263 g/mol. The standard InChI is InChI=1S/C15H20ClFN2/c1-19(8-11-5-9-2-3-10(11)4-9)15-6-12(16)13(17)7-14(15)18/h6-7,9-11H,2-5,8,18H2,1H3. The molecular formula is C15H20ClFN2. The maximum atomic E-state index is 13.3. The van der Waals surface area contributed by atoms with E-state index in [9.17, 15) is 4.39 Å². The Balaban J connectivity index is 1.73. The Bertz CT molecular complexity index is 491. The highest BCUT2D eigenvalue weighted by molar-refractivity contribution is 6.31. The molecule has 19 heavy (non-hydrogen) atoms. The van der Waals surface area contributed by atoms with E-state index in [1.165, 1.54) is 31.7 Å². The van der Waals surface area contributed by atoms with Gasteiger partial charge in [0.15, 0.2) is 0 Å². The van der Waals surface area contributed by atoms with Crippen LogP contribution in [0.15, 0.2) is 12.1 Å². The minimum absolute atomic E-state index is 0.143. The molecule has 2 fully saturated rings. The fourth-order valence-corrected chi connectivity index (χ4v) is 4.09. The summed E-state index contributed by atoms with van der Waals surface area (Å²) in [6.45, 7) is 0.993. The monoisotopic (exact) mass is 282 g/mol. The van der Waals surface area contributed by atoms with Crippen LogP contribution < -0.4 is 10.6 Å². The molecule has 1 aromatic carbocycles. The zero-order chi connectivity index (χ0) is 13.6. The molecule has 0 spiro atoms. The third-order valence-electron chi connectivity index (χ3n) is 4.87. The number of rotatable bonds is 3. The van der Waals surface area contributed by atoms with E-state index in [2.05, 4.69) is 4.90 Å². The van der Waals surface area contributed by atoms with Crippen molar-refractivity contribution in [2.75, 3.05) is 24.2 Å². The van der Waals surface area contributed by atoms with Crippen molar-refractivity contribution in [2.24, 2.45) is 17.8 Å². The summed E-state index contributed by atoms with van der Waals surface area (Å²) in [7, 11) is 2.02. The first kappa shape index (κ1) is 13.0. The quantitative estimate of drug-likeness (QED) is 0.851. The summed E-state index contributed by atoms with van der Waals surface area (Å²) in [5, 5.41) is 0.143. The molecule has 0 aliphatic heterocycles. The van der Waals surface area contributed by atoms with Gasteiger partial charge in [-0.15, -0.1) is 0 Å². The molecule has 104 valence electrons. The zero-order valence-electron chi connectivity index (χ0n) is 11.2. The first-order valence-corrected chi connectivity index (χ1v) is 7.38. The SMILES string of the molecule is CN(CC1CC2CCC1C2)c1cc(Cl)c(F)cc1N. The highest BCUT2D eigenvalue weighted by Crippen LogP contribution is 2.48. The number of anilines is 2. The molecule has 3 atom stereocenters. The highest BCUT2D eigenvalue weighted by Gasteiger charge is 2.39. The van der Waals surface area contributed by atoms with Gasteiger partial charge >= 0.3 is 0 Å². The summed E-state index contributed by atoms with van der Waals surface area (Å²) in [5.41, 5.74) is 7.21. The molecule has 3 rings (SSSR count). The molecule has 2 N–H and O–H groups in total. The number of hydrogen-bond donors (Lipinski definition) is 1. The molecule has 2 aliphatic rings. The second kappa shape index (κ2) is 4.86. The lowest BCUT2D eigenvalue weighted by molar-refractivity contribution is 0.337. The Labute approximate surface area is 118 Å². The second-order valence-corrected chi connectivity index (χ2v) is 6.55. The Morgan fingerprint density at radius 1 is 1.37 bits per heavy atom. The fourth-order valence-electron chi connectivity index (χ4n) is 3.93. The summed E-state index contributed by atoms with van der Waals surface area (Å²) >= 11 is 5.85. The van der Waals surface area contributed by atoms with E-state index >= 15 is 0 Å². The van der Waals surface area contributed by atoms with Crippen LogP contribution in [-0.2, 0) is 0 Å². The van der Waals surface area contributed by atoms with E-state index in [-0.39, 0.29) is 5.02 Å². The van der Waals surface area contributed by atoms with Crippen molar-refractivity contribution in [3.05, 3.63) is 23.0 Å². The smallest absolute Gasteiger partial charge is 0.143 e. The number of nitrogens with zero attached hydrogens (tertiary/aromatic N) is 1. The molecule has 1 aromatic rings. The van der Waals surface area contributed by atoms with Crippen molar-refractivity contribution in [1.29, 1.82) is 0 Å². The van der Waals surface area contributed by atoms with Gasteiger partial charge in [-0.3, -0.25) is 0 Å². The lowest BCUT2D eigenvalue weighted by Crippen LogP contribution is -2.29. The van der Waals surface area contributed by atoms with Gasteiger partial charge in [0.25, 0.3) is 0 Å². The first-order valence-electron chi connectivity index (χ1n) is 7.00. The molecule has 0 radical (unpaired) electrons. The largest absolute Gasteiger partial charge is 0.397 e. The van der Waals surface area contributed by atoms with E-state index < -0.39 is 5.82 Å². The number of fused-ring (bicyclic) bond motifs is 2. The van der Waals surface area contributed by atoms with Crippen LogP contribution in [0.2, 0.25) is 5.02 Å². The maximum Gasteiger partial charge on any atom is 0.143 e. The number of nitrogen functional groups attached to an aromatic ring is 1. The van der Waals surface area contributed by atoms with Crippen LogP contribution in [0.1, 0.15) is 25.7 Å². The third kappa shape index (κ3) is 2.40. The van der Waals surface area contributed by atoms with Crippen LogP contribution in [0.4, 0.5) is 15.8 Å². The zero-order valence-corrected chi connectivity index (χ0v) is 12.0. The van der Waals surface area contributed by atoms with Crippen LogP contribution in [0.3, 0.4) is 0 Å². The fraction of sp³-hybridized carbons (Fsp3) is 0.600. The van der Waals surface area contributed by atoms with E-state index in [1.54, 1.807) is 6.07 Å². The molecule has 2 saturated carbocycles. The summed E-state index contributed by atoms with van der Waals surface area (Å²) < 4.78 is 13.3. The Morgan fingerprint density at radius 2 is 2.16 bits per heavy atom. The normalized spacial score (nSPS) is 28.9. The Morgan fingerprint density at radius 3 is 2.79 bits per heavy atom. The predicted octanol–water partition coefficient (Wildman–Crippen LogP) is 3.93. The maximum absolute atomic E-state index is 13.3. The van der Waals surface area contributed by atoms with Gasteiger partial charge in [0.05, 0.1) is 16.4 Å². The number of benzene rings is 1. The van der Waals surface area contributed by atoms with E-state index in [4.69, 9.17) is 17.3 Å². The average Bonchev–Trinajstić information content (AvgIpc) is 2.95. The topological polar surface area (TPSA) is 29.3 Å².